The highest BCUT2D eigenvalue weighted by molar-refractivity contribution is 5.94. The molecule has 0 N–H and O–H groups in total. The van der Waals surface area contributed by atoms with Crippen molar-refractivity contribution in [2.45, 2.75) is 51.0 Å². The monoisotopic (exact) mass is 409 g/mol. The van der Waals surface area contributed by atoms with Gasteiger partial charge in [-0.2, -0.15) is 0 Å². The van der Waals surface area contributed by atoms with E-state index in [2.05, 4.69) is 34.9 Å². The van der Waals surface area contributed by atoms with Gasteiger partial charge in [-0.15, -0.1) is 5.92 Å². The van der Waals surface area contributed by atoms with E-state index in [1.165, 1.54) is 5.56 Å². The number of hydrogen-bond donors (Lipinski definition) is 0. The molecule has 0 aromatic heterocycles. The molecule has 3 aliphatic heterocycles. The second-order valence-corrected chi connectivity index (χ2v) is 8.64. The van der Waals surface area contributed by atoms with Gasteiger partial charge in [0.2, 0.25) is 5.91 Å². The predicted molar refractivity (Wildman–Crippen MR) is 116 cm³/mol. The summed E-state index contributed by atoms with van der Waals surface area (Å²) in [5.74, 6) is 5.64. The molecule has 1 aromatic rings. The maximum absolute atomic E-state index is 12.2. The van der Waals surface area contributed by atoms with Gasteiger partial charge < -0.3 is 19.4 Å². The number of para-hydroxylation sites is 1. The van der Waals surface area contributed by atoms with Crippen molar-refractivity contribution < 1.29 is 14.3 Å². The van der Waals surface area contributed by atoms with Crippen molar-refractivity contribution in [2.75, 3.05) is 44.2 Å². The first-order valence-electron chi connectivity index (χ1n) is 11.0. The maximum Gasteiger partial charge on any atom is 0.410 e. The van der Waals surface area contributed by atoms with Gasteiger partial charge in [-0.1, -0.05) is 24.1 Å². The van der Waals surface area contributed by atoms with Crippen LogP contribution in [-0.2, 0) is 14.9 Å². The Bertz CT molecular complexity index is 856. The van der Waals surface area contributed by atoms with Gasteiger partial charge in [0.25, 0.3) is 0 Å². The van der Waals surface area contributed by atoms with Gasteiger partial charge >= 0.3 is 6.09 Å². The zero-order chi connectivity index (χ0) is 21.1. The lowest BCUT2D eigenvalue weighted by Crippen LogP contribution is -2.52. The maximum atomic E-state index is 12.2. The van der Waals surface area contributed by atoms with E-state index in [1.54, 1.807) is 18.7 Å². The topological polar surface area (TPSA) is 53.1 Å². The lowest BCUT2D eigenvalue weighted by Gasteiger charge is -2.45. The molecule has 0 atom stereocenters. The number of ether oxygens (including phenoxy) is 1. The number of anilines is 1. The third-order valence-corrected chi connectivity index (χ3v) is 7.05. The zero-order valence-electron chi connectivity index (χ0n) is 18.0. The highest BCUT2D eigenvalue weighted by atomic mass is 16.6. The van der Waals surface area contributed by atoms with E-state index in [0.29, 0.717) is 6.04 Å². The molecule has 4 rings (SSSR count). The highest BCUT2D eigenvalue weighted by Gasteiger charge is 2.46. The lowest BCUT2D eigenvalue weighted by molar-refractivity contribution is -0.116. The van der Waals surface area contributed by atoms with Crippen molar-refractivity contribution in [3.8, 4) is 11.8 Å². The number of fused-ring (bicyclic) bond motifs is 2. The molecule has 0 aliphatic carbocycles. The number of nitrogens with zero attached hydrogens (tertiary/aromatic N) is 3. The highest BCUT2D eigenvalue weighted by Crippen LogP contribution is 2.47. The van der Waals surface area contributed by atoms with Crippen molar-refractivity contribution in [1.29, 1.82) is 0 Å². The molecule has 0 bridgehead atoms. The number of benzene rings is 1. The first-order valence-corrected chi connectivity index (χ1v) is 11.0. The number of amides is 2. The van der Waals surface area contributed by atoms with Crippen LogP contribution in [0.15, 0.2) is 24.3 Å². The SMILES string of the molecule is CC#CCOC(=O)N1CCC(N2CCC3(CC2)CN(C(C)=O)c2ccccc23)CC1. The van der Waals surface area contributed by atoms with Crippen LogP contribution in [0, 0.1) is 11.8 Å². The second-order valence-electron chi connectivity index (χ2n) is 8.64. The summed E-state index contributed by atoms with van der Waals surface area (Å²) in [6.07, 6.45) is 3.87. The fourth-order valence-electron chi connectivity index (χ4n) is 5.33. The molecule has 1 aromatic carbocycles. The number of carbonyl (C=O) groups excluding carboxylic acids is 2. The van der Waals surface area contributed by atoms with Gasteiger partial charge in [-0.25, -0.2) is 4.79 Å². The summed E-state index contributed by atoms with van der Waals surface area (Å²) in [5.41, 5.74) is 2.52. The predicted octanol–water partition coefficient (Wildman–Crippen LogP) is 3.01. The molecule has 6 nitrogen and oxygen atoms in total. The van der Waals surface area contributed by atoms with Gasteiger partial charge in [0.15, 0.2) is 6.61 Å². The van der Waals surface area contributed by atoms with Crippen LogP contribution in [0.1, 0.15) is 45.1 Å². The summed E-state index contributed by atoms with van der Waals surface area (Å²) >= 11 is 0. The Balaban J connectivity index is 1.33. The summed E-state index contributed by atoms with van der Waals surface area (Å²) in [4.78, 5) is 30.7. The van der Waals surface area contributed by atoms with Crippen LogP contribution >= 0.6 is 0 Å². The molecule has 3 aliphatic rings. The molecular weight excluding hydrogens is 378 g/mol. The molecule has 6 heteroatoms. The molecule has 2 amide bonds. The van der Waals surface area contributed by atoms with Crippen LogP contribution in [-0.4, -0.2) is 67.2 Å². The Hall–Kier alpha value is -2.52. The summed E-state index contributed by atoms with van der Waals surface area (Å²) in [6.45, 7) is 7.95. The number of rotatable bonds is 2. The van der Waals surface area contributed by atoms with Crippen molar-refractivity contribution >= 4 is 17.7 Å². The Morgan fingerprint density at radius 2 is 1.83 bits per heavy atom. The van der Waals surface area contributed by atoms with E-state index < -0.39 is 0 Å². The molecule has 2 saturated heterocycles. The number of carbonyl (C=O) groups is 2. The van der Waals surface area contributed by atoms with Gasteiger partial charge in [-0.05, 0) is 57.3 Å². The molecular formula is C24H31N3O3. The molecule has 0 unspecified atom stereocenters. The number of likely N-dealkylation sites (tertiary alicyclic amines) is 2. The molecule has 0 saturated carbocycles. The van der Waals surface area contributed by atoms with Gasteiger partial charge in [0.1, 0.15) is 0 Å². The van der Waals surface area contributed by atoms with Crippen molar-refractivity contribution in [3.63, 3.8) is 0 Å². The summed E-state index contributed by atoms with van der Waals surface area (Å²) in [6, 6.07) is 8.93. The van der Waals surface area contributed by atoms with Crippen molar-refractivity contribution in [2.24, 2.45) is 0 Å². The third-order valence-electron chi connectivity index (χ3n) is 7.05. The van der Waals surface area contributed by atoms with Crippen molar-refractivity contribution in [3.05, 3.63) is 29.8 Å². The third kappa shape index (κ3) is 3.91. The molecule has 2 fully saturated rings. The Labute approximate surface area is 179 Å². The van der Waals surface area contributed by atoms with E-state index in [-0.39, 0.29) is 24.0 Å². The zero-order valence-corrected chi connectivity index (χ0v) is 18.0. The molecule has 3 heterocycles. The minimum atomic E-state index is -0.249. The van der Waals surface area contributed by atoms with Crippen LogP contribution in [0.2, 0.25) is 0 Å². The van der Waals surface area contributed by atoms with E-state index >= 15 is 0 Å². The standard InChI is InChI=1S/C24H31N3O3/c1-3-4-17-30-23(29)26-13-9-20(10-14-26)25-15-11-24(12-16-25)18-27(19(2)28)22-8-6-5-7-21(22)24/h5-8,20H,9-18H2,1-2H3. The normalized spacial score (nSPS) is 21.1. The van der Waals surface area contributed by atoms with Crippen LogP contribution in [0.3, 0.4) is 0 Å². The molecule has 160 valence electrons. The van der Waals surface area contributed by atoms with E-state index in [4.69, 9.17) is 4.74 Å². The van der Waals surface area contributed by atoms with Gasteiger partial charge in [0, 0.05) is 43.7 Å². The molecule has 30 heavy (non-hydrogen) atoms. The lowest BCUT2D eigenvalue weighted by atomic mass is 9.74. The summed E-state index contributed by atoms with van der Waals surface area (Å²) in [7, 11) is 0. The van der Waals surface area contributed by atoms with Crippen LogP contribution < -0.4 is 4.90 Å². The minimum Gasteiger partial charge on any atom is -0.436 e. The quantitative estimate of drug-likeness (QED) is 0.705. The van der Waals surface area contributed by atoms with E-state index in [1.807, 2.05) is 11.0 Å². The molecule has 1 spiro atoms. The Kier molecular flexibility index (Phi) is 6.01. The first kappa shape index (κ1) is 20.7. The summed E-state index contributed by atoms with van der Waals surface area (Å²) in [5, 5.41) is 0. The smallest absolute Gasteiger partial charge is 0.410 e. The van der Waals surface area contributed by atoms with Gasteiger partial charge in [-0.3, -0.25) is 4.79 Å². The fraction of sp³-hybridized carbons (Fsp3) is 0.583. The first-order chi connectivity index (χ1) is 14.5. The Morgan fingerprint density at radius 1 is 1.13 bits per heavy atom. The minimum absolute atomic E-state index is 0.0869. The largest absolute Gasteiger partial charge is 0.436 e. The molecule has 0 radical (unpaired) electrons. The van der Waals surface area contributed by atoms with Gasteiger partial charge in [0.05, 0.1) is 0 Å². The Morgan fingerprint density at radius 3 is 2.50 bits per heavy atom. The average Bonchev–Trinajstić information content (AvgIpc) is 3.09. The number of hydrogen-bond acceptors (Lipinski definition) is 4. The fourth-order valence-corrected chi connectivity index (χ4v) is 5.33. The van der Waals surface area contributed by atoms with Crippen LogP contribution in [0.5, 0.6) is 0 Å². The summed E-state index contributed by atoms with van der Waals surface area (Å²) < 4.78 is 5.20. The average molecular weight is 410 g/mol. The van der Waals surface area contributed by atoms with Crippen LogP contribution in [0.4, 0.5) is 10.5 Å². The van der Waals surface area contributed by atoms with Crippen molar-refractivity contribution in [1.82, 2.24) is 9.80 Å². The van der Waals surface area contributed by atoms with Crippen LogP contribution in [0.25, 0.3) is 0 Å². The second kappa shape index (κ2) is 8.69. The van der Waals surface area contributed by atoms with E-state index in [9.17, 15) is 9.59 Å². The van der Waals surface area contributed by atoms with E-state index in [0.717, 1.165) is 64.1 Å². The number of piperidine rings is 2.